The Morgan fingerprint density at radius 3 is 2.19 bits per heavy atom. The van der Waals surface area contributed by atoms with Gasteiger partial charge in [-0.25, -0.2) is 4.98 Å². The molecule has 1 unspecified atom stereocenters. The molecule has 232 valence electrons. The zero-order valence-corrected chi connectivity index (χ0v) is 25.6. The first-order valence-corrected chi connectivity index (χ1v) is 14.2. The maximum atomic E-state index is 13.9. The molecule has 12 nitrogen and oxygen atoms in total. The van der Waals surface area contributed by atoms with Crippen molar-refractivity contribution in [3.8, 4) is 0 Å². The molecule has 1 aliphatic heterocycles. The molecule has 0 radical (unpaired) electrons. The molecule has 1 saturated heterocycles. The highest BCUT2D eigenvalue weighted by atomic mass is 35.5. The fourth-order valence-electron chi connectivity index (χ4n) is 5.15. The lowest BCUT2D eigenvalue weighted by molar-refractivity contribution is -0.151. The summed E-state index contributed by atoms with van der Waals surface area (Å²) < 4.78 is 12.3. The highest BCUT2D eigenvalue weighted by Gasteiger charge is 2.35. The fraction of sp³-hybridized carbons (Fsp3) is 0.433. The lowest BCUT2D eigenvalue weighted by Crippen LogP contribution is -2.46. The summed E-state index contributed by atoms with van der Waals surface area (Å²) in [7, 11) is 1.92. The molecule has 1 aromatic heterocycles. The monoisotopic (exact) mass is 613 g/mol. The van der Waals surface area contributed by atoms with Crippen LogP contribution in [0.1, 0.15) is 49.7 Å². The van der Waals surface area contributed by atoms with Gasteiger partial charge >= 0.3 is 11.9 Å². The Balaban J connectivity index is 0.00000506. The molecule has 13 heteroatoms. The average Bonchev–Trinajstić information content (AvgIpc) is 3.61. The zero-order valence-electron chi connectivity index (χ0n) is 24.8. The number of aryl methyl sites for hydroxylation is 1. The third kappa shape index (κ3) is 8.23. The van der Waals surface area contributed by atoms with Gasteiger partial charge in [0.25, 0.3) is 0 Å². The van der Waals surface area contributed by atoms with Crippen LogP contribution in [0.25, 0.3) is 11.0 Å². The van der Waals surface area contributed by atoms with Crippen molar-refractivity contribution in [3.05, 3.63) is 59.4 Å². The maximum Gasteiger partial charge on any atom is 0.320 e. The number of amidine groups is 1. The molecule has 4 N–H and O–H groups in total. The summed E-state index contributed by atoms with van der Waals surface area (Å²) in [5.41, 5.74) is 9.24. The second-order valence-corrected chi connectivity index (χ2v) is 10.1. The van der Waals surface area contributed by atoms with E-state index in [4.69, 9.17) is 25.6 Å². The normalized spacial score (nSPS) is 13.4. The van der Waals surface area contributed by atoms with E-state index in [9.17, 15) is 14.4 Å². The molecule has 2 heterocycles. The average molecular weight is 614 g/mol. The van der Waals surface area contributed by atoms with Gasteiger partial charge < -0.3 is 30.0 Å². The summed E-state index contributed by atoms with van der Waals surface area (Å²) in [6.07, 6.45) is 1.81. The van der Waals surface area contributed by atoms with Gasteiger partial charge in [-0.15, -0.1) is 12.4 Å². The number of nitrogens with zero attached hydrogens (tertiary/aromatic N) is 4. The van der Waals surface area contributed by atoms with Crippen LogP contribution in [-0.2, 0) is 37.4 Å². The third-order valence-corrected chi connectivity index (χ3v) is 7.25. The summed E-state index contributed by atoms with van der Waals surface area (Å²) in [4.78, 5) is 47.3. The number of nitrogen functional groups attached to an aromatic ring is 1. The van der Waals surface area contributed by atoms with Gasteiger partial charge in [0.05, 0.1) is 43.9 Å². The Morgan fingerprint density at radius 1 is 1.02 bits per heavy atom. The van der Waals surface area contributed by atoms with E-state index in [1.165, 1.54) is 4.90 Å². The van der Waals surface area contributed by atoms with Gasteiger partial charge in [-0.3, -0.25) is 24.7 Å². The minimum absolute atomic E-state index is 0. The molecule has 0 bridgehead atoms. The molecule has 2 aromatic carbocycles. The third-order valence-electron chi connectivity index (χ3n) is 7.25. The Labute approximate surface area is 257 Å². The van der Waals surface area contributed by atoms with Crippen LogP contribution in [0.2, 0.25) is 0 Å². The van der Waals surface area contributed by atoms with E-state index in [0.29, 0.717) is 36.3 Å². The number of esters is 2. The van der Waals surface area contributed by atoms with Crippen molar-refractivity contribution in [3.63, 3.8) is 0 Å². The smallest absolute Gasteiger partial charge is 0.320 e. The molecular formula is C30H40ClN7O5. The Kier molecular flexibility index (Phi) is 11.9. The summed E-state index contributed by atoms with van der Waals surface area (Å²) in [5, 5.41) is 10.9. The van der Waals surface area contributed by atoms with Crippen molar-refractivity contribution < 1.29 is 23.9 Å². The number of hydrogen-bond donors (Lipinski definition) is 3. The van der Waals surface area contributed by atoms with Crippen LogP contribution >= 0.6 is 12.4 Å². The van der Waals surface area contributed by atoms with E-state index < -0.39 is 18.0 Å². The maximum absolute atomic E-state index is 13.9. The number of carbonyl (C=O) groups is 3. The topological polar surface area (TPSA) is 156 Å². The predicted molar refractivity (Wildman–Crippen MR) is 166 cm³/mol. The van der Waals surface area contributed by atoms with Gasteiger partial charge in [0.1, 0.15) is 17.7 Å². The second kappa shape index (κ2) is 15.4. The number of carbonyl (C=O) groups excluding carboxylic acids is 3. The van der Waals surface area contributed by atoms with Crippen LogP contribution in [-0.4, -0.2) is 82.4 Å². The number of ether oxygens (including phenoxy) is 2. The first kappa shape index (κ1) is 33.3. The lowest BCUT2D eigenvalue weighted by atomic mass is 10.0. The molecule has 3 aromatic rings. The molecule has 0 saturated carbocycles. The number of halogens is 1. The molecule has 1 fully saturated rings. The SMILES string of the molecule is CCOC(=O)CN(CC(=O)OCC)C(C(=O)N1CCCC1)c1ccc2c(c1)nc(CNc1ccc(C(=N)N)cc1)n2C.Cl. The van der Waals surface area contributed by atoms with Crippen LogP contribution in [0.5, 0.6) is 0 Å². The van der Waals surface area contributed by atoms with Crippen molar-refractivity contribution in [2.75, 3.05) is 44.7 Å². The lowest BCUT2D eigenvalue weighted by Gasteiger charge is -2.32. The standard InChI is InChI=1S/C30H39N7O5.ClH/c1-4-41-26(38)18-37(19-27(39)42-5-2)28(30(40)36-14-6-7-15-36)21-10-13-24-23(16-21)34-25(35(24)3)17-33-22-11-8-20(9-12-22)29(31)32;/h8-13,16,28,33H,4-7,14-15,17-19H2,1-3H3,(H3,31,32);1H. The van der Waals surface area contributed by atoms with E-state index in [1.807, 2.05) is 41.9 Å². The van der Waals surface area contributed by atoms with E-state index in [0.717, 1.165) is 29.9 Å². The molecule has 0 aliphatic carbocycles. The predicted octanol–water partition coefficient (Wildman–Crippen LogP) is 2.98. The van der Waals surface area contributed by atoms with Crippen LogP contribution in [0.3, 0.4) is 0 Å². The molecule has 1 amide bonds. The van der Waals surface area contributed by atoms with Gasteiger partial charge in [0.2, 0.25) is 5.91 Å². The van der Waals surface area contributed by atoms with E-state index in [-0.39, 0.29) is 50.5 Å². The van der Waals surface area contributed by atoms with Crippen molar-refractivity contribution in [1.82, 2.24) is 19.4 Å². The van der Waals surface area contributed by atoms with Gasteiger partial charge in [-0.2, -0.15) is 0 Å². The quantitative estimate of drug-likeness (QED) is 0.150. The van der Waals surface area contributed by atoms with E-state index in [1.54, 1.807) is 30.9 Å². The number of rotatable bonds is 13. The number of fused-ring (bicyclic) bond motifs is 1. The Bertz CT molecular complexity index is 1420. The largest absolute Gasteiger partial charge is 0.465 e. The number of likely N-dealkylation sites (tertiary alicyclic amines) is 1. The number of anilines is 1. The Hall–Kier alpha value is -4.16. The first-order valence-electron chi connectivity index (χ1n) is 14.2. The van der Waals surface area contributed by atoms with Gasteiger partial charge in [0.15, 0.2) is 0 Å². The second-order valence-electron chi connectivity index (χ2n) is 10.1. The van der Waals surface area contributed by atoms with Gasteiger partial charge in [-0.1, -0.05) is 6.07 Å². The molecule has 1 atom stereocenters. The first-order chi connectivity index (χ1) is 20.2. The number of nitrogens with one attached hydrogen (secondary N) is 2. The van der Waals surface area contributed by atoms with Crippen LogP contribution < -0.4 is 11.1 Å². The minimum atomic E-state index is -0.898. The fourth-order valence-corrected chi connectivity index (χ4v) is 5.15. The zero-order chi connectivity index (χ0) is 30.2. The Morgan fingerprint density at radius 2 is 1.63 bits per heavy atom. The van der Waals surface area contributed by atoms with Crippen molar-refractivity contribution in [2.24, 2.45) is 12.8 Å². The number of hydrogen-bond acceptors (Lipinski definition) is 9. The molecule has 4 rings (SSSR count). The van der Waals surface area contributed by atoms with E-state index in [2.05, 4.69) is 5.32 Å². The highest BCUT2D eigenvalue weighted by molar-refractivity contribution is 5.95. The number of imidazole rings is 1. The number of amides is 1. The van der Waals surface area contributed by atoms with Gasteiger partial charge in [-0.05, 0) is 68.7 Å². The van der Waals surface area contributed by atoms with Crippen molar-refractivity contribution >= 4 is 52.8 Å². The molecule has 1 aliphatic rings. The summed E-state index contributed by atoms with van der Waals surface area (Å²) in [6.45, 7) is 5.00. The highest BCUT2D eigenvalue weighted by Crippen LogP contribution is 2.29. The molecule has 43 heavy (non-hydrogen) atoms. The van der Waals surface area contributed by atoms with E-state index >= 15 is 0 Å². The summed E-state index contributed by atoms with van der Waals surface area (Å²) >= 11 is 0. The number of aromatic nitrogens is 2. The molecular weight excluding hydrogens is 574 g/mol. The van der Waals surface area contributed by atoms with Crippen LogP contribution in [0, 0.1) is 5.41 Å². The van der Waals surface area contributed by atoms with Crippen LogP contribution in [0.15, 0.2) is 42.5 Å². The molecule has 0 spiro atoms. The van der Waals surface area contributed by atoms with Crippen LogP contribution in [0.4, 0.5) is 5.69 Å². The van der Waals surface area contributed by atoms with Gasteiger partial charge in [0, 0.05) is 31.4 Å². The van der Waals surface area contributed by atoms with Crippen molar-refractivity contribution in [2.45, 2.75) is 39.3 Å². The number of benzene rings is 2. The summed E-state index contributed by atoms with van der Waals surface area (Å²) in [6, 6.07) is 12.0. The summed E-state index contributed by atoms with van der Waals surface area (Å²) in [5.74, 6) is -0.436. The minimum Gasteiger partial charge on any atom is -0.465 e. The van der Waals surface area contributed by atoms with Crippen molar-refractivity contribution in [1.29, 1.82) is 5.41 Å². The number of nitrogens with two attached hydrogens (primary N) is 1.